The van der Waals surface area contributed by atoms with E-state index in [9.17, 15) is 4.79 Å². The van der Waals surface area contributed by atoms with Crippen molar-refractivity contribution in [2.24, 2.45) is 5.92 Å². The molecule has 2 atom stereocenters. The van der Waals surface area contributed by atoms with Gasteiger partial charge >= 0.3 is 0 Å². The van der Waals surface area contributed by atoms with E-state index in [0.29, 0.717) is 5.92 Å². The minimum atomic E-state index is -0.0234. The quantitative estimate of drug-likeness (QED) is 0.491. The Morgan fingerprint density at radius 2 is 1.82 bits per heavy atom. The third-order valence-electron chi connectivity index (χ3n) is 7.38. The van der Waals surface area contributed by atoms with Crippen LogP contribution in [0.1, 0.15) is 47.8 Å². The van der Waals surface area contributed by atoms with E-state index in [2.05, 4.69) is 70.6 Å². The first-order valence-corrected chi connectivity index (χ1v) is 13.0. The van der Waals surface area contributed by atoms with Crippen LogP contribution in [0, 0.1) is 5.92 Å². The van der Waals surface area contributed by atoms with E-state index in [-0.39, 0.29) is 11.4 Å². The van der Waals surface area contributed by atoms with Crippen LogP contribution in [0.4, 0.5) is 11.4 Å². The molecule has 3 aromatic rings. The molecule has 0 spiro atoms. The summed E-state index contributed by atoms with van der Waals surface area (Å²) in [6.45, 7) is 6.63. The molecule has 0 radical (unpaired) electrons. The molecule has 2 heterocycles. The van der Waals surface area contributed by atoms with Gasteiger partial charge in [-0.3, -0.25) is 9.69 Å². The zero-order valence-electron chi connectivity index (χ0n) is 19.4. The van der Waals surface area contributed by atoms with Gasteiger partial charge in [0.15, 0.2) is 0 Å². The van der Waals surface area contributed by atoms with Crippen LogP contribution in [0.15, 0.2) is 72.1 Å². The van der Waals surface area contributed by atoms with Crippen LogP contribution < -0.4 is 10.2 Å². The number of piperazine rings is 1. The van der Waals surface area contributed by atoms with Crippen molar-refractivity contribution in [3.8, 4) is 0 Å². The Balaban J connectivity index is 1.38. The summed E-state index contributed by atoms with van der Waals surface area (Å²) in [7, 11) is 0. The number of thiophene rings is 1. The van der Waals surface area contributed by atoms with Gasteiger partial charge in [0.25, 0.3) is 5.91 Å². The van der Waals surface area contributed by atoms with Crippen molar-refractivity contribution in [1.29, 1.82) is 0 Å². The molecule has 33 heavy (non-hydrogen) atoms. The van der Waals surface area contributed by atoms with Crippen LogP contribution in [0.5, 0.6) is 0 Å². The summed E-state index contributed by atoms with van der Waals surface area (Å²) >= 11 is 1.48. The molecule has 172 valence electrons. The number of amides is 1. The number of para-hydroxylation sites is 1. The van der Waals surface area contributed by atoms with Crippen LogP contribution >= 0.6 is 11.3 Å². The number of benzene rings is 2. The lowest BCUT2D eigenvalue weighted by Crippen LogP contribution is -2.57. The number of hydrogen-bond acceptors (Lipinski definition) is 4. The van der Waals surface area contributed by atoms with Crippen LogP contribution in [-0.4, -0.2) is 37.0 Å². The SMILES string of the molecule is CC1CCCC(c2cccc(NC(=O)c3cccs3)c2)(N2CCN(c3ccccc3)CC2)C1. The summed E-state index contributed by atoms with van der Waals surface area (Å²) in [6.07, 6.45) is 4.93. The molecule has 1 saturated heterocycles. The first-order chi connectivity index (χ1) is 16.1. The first kappa shape index (κ1) is 22.2. The van der Waals surface area contributed by atoms with Crippen molar-refractivity contribution in [3.05, 3.63) is 82.6 Å². The topological polar surface area (TPSA) is 35.6 Å². The summed E-state index contributed by atoms with van der Waals surface area (Å²) in [5, 5.41) is 5.07. The molecule has 5 rings (SSSR count). The van der Waals surface area contributed by atoms with Gasteiger partial charge in [-0.1, -0.05) is 56.2 Å². The fraction of sp³-hybridized carbons (Fsp3) is 0.393. The fourth-order valence-corrected chi connectivity index (χ4v) is 6.39. The maximum absolute atomic E-state index is 12.7. The Morgan fingerprint density at radius 1 is 1.00 bits per heavy atom. The molecule has 5 heteroatoms. The number of anilines is 2. The van der Waals surface area contributed by atoms with Gasteiger partial charge in [-0.2, -0.15) is 0 Å². The molecular formula is C28H33N3OS. The molecule has 2 unspecified atom stereocenters. The largest absolute Gasteiger partial charge is 0.369 e. The van der Waals surface area contributed by atoms with Gasteiger partial charge in [0.2, 0.25) is 0 Å². The van der Waals surface area contributed by atoms with Gasteiger partial charge < -0.3 is 10.2 Å². The molecule has 1 aliphatic heterocycles. The minimum Gasteiger partial charge on any atom is -0.369 e. The molecule has 1 N–H and O–H groups in total. The lowest BCUT2D eigenvalue weighted by Gasteiger charge is -2.52. The summed E-state index contributed by atoms with van der Waals surface area (Å²) in [4.78, 5) is 18.6. The highest BCUT2D eigenvalue weighted by molar-refractivity contribution is 7.12. The molecule has 2 aromatic carbocycles. The second-order valence-electron chi connectivity index (χ2n) is 9.55. The second kappa shape index (κ2) is 9.70. The van der Waals surface area contributed by atoms with Gasteiger partial charge in [0, 0.05) is 43.1 Å². The lowest BCUT2D eigenvalue weighted by atomic mass is 9.71. The van der Waals surface area contributed by atoms with E-state index >= 15 is 0 Å². The number of rotatable bonds is 5. The third kappa shape index (κ3) is 4.71. The maximum Gasteiger partial charge on any atom is 0.265 e. The second-order valence-corrected chi connectivity index (χ2v) is 10.5. The van der Waals surface area contributed by atoms with E-state index in [0.717, 1.165) is 36.7 Å². The molecule has 1 saturated carbocycles. The Labute approximate surface area is 201 Å². The van der Waals surface area contributed by atoms with E-state index in [1.165, 1.54) is 48.3 Å². The van der Waals surface area contributed by atoms with Crippen molar-refractivity contribution in [2.75, 3.05) is 36.4 Å². The Kier molecular flexibility index (Phi) is 6.52. The van der Waals surface area contributed by atoms with E-state index < -0.39 is 0 Å². The molecule has 1 aliphatic carbocycles. The monoisotopic (exact) mass is 459 g/mol. The molecule has 1 amide bonds. The average molecular weight is 460 g/mol. The zero-order chi connectivity index (χ0) is 22.7. The van der Waals surface area contributed by atoms with Gasteiger partial charge in [-0.15, -0.1) is 11.3 Å². The smallest absolute Gasteiger partial charge is 0.265 e. The predicted octanol–water partition coefficient (Wildman–Crippen LogP) is 6.23. The summed E-state index contributed by atoms with van der Waals surface area (Å²) < 4.78 is 0. The highest BCUT2D eigenvalue weighted by Crippen LogP contribution is 2.45. The molecule has 4 nitrogen and oxygen atoms in total. The van der Waals surface area contributed by atoms with Crippen LogP contribution in [-0.2, 0) is 5.54 Å². The van der Waals surface area contributed by atoms with Crippen molar-refractivity contribution in [3.63, 3.8) is 0 Å². The molecule has 0 bridgehead atoms. The fourth-order valence-electron chi connectivity index (χ4n) is 5.77. The Morgan fingerprint density at radius 3 is 2.55 bits per heavy atom. The minimum absolute atomic E-state index is 0.0234. The number of carbonyl (C=O) groups is 1. The third-order valence-corrected chi connectivity index (χ3v) is 8.25. The molecular weight excluding hydrogens is 426 g/mol. The van der Waals surface area contributed by atoms with Gasteiger partial charge in [-0.25, -0.2) is 0 Å². The number of nitrogens with zero attached hydrogens (tertiary/aromatic N) is 2. The number of carbonyl (C=O) groups excluding carboxylic acids is 1. The van der Waals surface area contributed by atoms with Crippen molar-refractivity contribution in [1.82, 2.24) is 4.90 Å². The standard InChI is InChI=1S/C28H33N3OS/c1-22-8-6-14-28(21-22,31-17-15-30(16-18-31)25-11-3-2-4-12-25)23-9-5-10-24(20-23)29-27(32)26-13-7-19-33-26/h2-5,7,9-13,19-20,22H,6,8,14-18,21H2,1H3,(H,29,32). The van der Waals surface area contributed by atoms with Crippen molar-refractivity contribution >= 4 is 28.6 Å². The normalized spacial score (nSPS) is 23.9. The van der Waals surface area contributed by atoms with Gasteiger partial charge in [0.1, 0.15) is 0 Å². The van der Waals surface area contributed by atoms with Crippen LogP contribution in [0.3, 0.4) is 0 Å². The Bertz CT molecular complexity index is 1060. The number of nitrogens with one attached hydrogen (secondary N) is 1. The Hall–Kier alpha value is -2.63. The summed E-state index contributed by atoms with van der Waals surface area (Å²) in [6, 6.07) is 23.2. The predicted molar refractivity (Wildman–Crippen MR) is 138 cm³/mol. The number of hydrogen-bond donors (Lipinski definition) is 1. The van der Waals surface area contributed by atoms with Crippen molar-refractivity contribution in [2.45, 2.75) is 38.1 Å². The van der Waals surface area contributed by atoms with Crippen LogP contribution in [0.2, 0.25) is 0 Å². The van der Waals surface area contributed by atoms with Gasteiger partial charge in [0.05, 0.1) is 4.88 Å². The summed E-state index contributed by atoms with van der Waals surface area (Å²) in [5.74, 6) is 0.681. The van der Waals surface area contributed by atoms with E-state index in [4.69, 9.17) is 0 Å². The molecule has 2 aliphatic rings. The molecule has 2 fully saturated rings. The van der Waals surface area contributed by atoms with Crippen LogP contribution in [0.25, 0.3) is 0 Å². The highest BCUT2D eigenvalue weighted by Gasteiger charge is 2.42. The van der Waals surface area contributed by atoms with Crippen molar-refractivity contribution < 1.29 is 4.79 Å². The lowest BCUT2D eigenvalue weighted by molar-refractivity contribution is 0.0243. The van der Waals surface area contributed by atoms with E-state index in [1.54, 1.807) is 0 Å². The van der Waals surface area contributed by atoms with E-state index in [1.807, 2.05) is 23.6 Å². The summed E-state index contributed by atoms with van der Waals surface area (Å²) in [5.41, 5.74) is 3.61. The zero-order valence-corrected chi connectivity index (χ0v) is 20.2. The first-order valence-electron chi connectivity index (χ1n) is 12.1. The average Bonchev–Trinajstić information content (AvgIpc) is 3.40. The molecule has 1 aromatic heterocycles. The maximum atomic E-state index is 12.7. The van der Waals surface area contributed by atoms with Gasteiger partial charge in [-0.05, 0) is 60.0 Å². The highest BCUT2D eigenvalue weighted by atomic mass is 32.1.